The molecule has 0 bridgehead atoms. The van der Waals surface area contributed by atoms with E-state index in [1.54, 1.807) is 11.0 Å². The van der Waals surface area contributed by atoms with Gasteiger partial charge < -0.3 is 39.8 Å². The quantitative estimate of drug-likeness (QED) is 0.132. The molecule has 3 aliphatic heterocycles. The van der Waals surface area contributed by atoms with Gasteiger partial charge in [-0.15, -0.1) is 0 Å². The Morgan fingerprint density at radius 3 is 2.36 bits per heavy atom. The molecule has 5 heterocycles. The minimum absolute atomic E-state index is 0.148. The van der Waals surface area contributed by atoms with Crippen LogP contribution in [0.15, 0.2) is 91.4 Å². The van der Waals surface area contributed by atoms with E-state index in [1.165, 1.54) is 6.33 Å². The lowest BCUT2D eigenvalue weighted by Crippen LogP contribution is -2.49. The lowest BCUT2D eigenvalue weighted by Gasteiger charge is -2.32. The van der Waals surface area contributed by atoms with E-state index < -0.39 is 6.04 Å². The number of nitrogens with zero attached hydrogens (tertiary/aromatic N) is 6. The lowest BCUT2D eigenvalue weighted by molar-refractivity contribution is -0.126. The maximum atomic E-state index is 13.1. The van der Waals surface area contributed by atoms with Gasteiger partial charge in [0, 0.05) is 43.0 Å². The van der Waals surface area contributed by atoms with E-state index in [0.717, 1.165) is 71.8 Å². The van der Waals surface area contributed by atoms with Crippen LogP contribution in [0.4, 0.5) is 5.82 Å². The van der Waals surface area contributed by atoms with Crippen molar-refractivity contribution in [3.8, 4) is 28.5 Å². The number of carbonyl (C=O) groups excluding carboxylic acids is 2. The number of piperidine rings is 2. The summed E-state index contributed by atoms with van der Waals surface area (Å²) in [5.74, 6) is 2.21. The summed E-state index contributed by atoms with van der Waals surface area (Å²) in [6.45, 7) is 9.23. The molecule has 14 heteroatoms. The molecule has 8 rings (SSSR count). The molecule has 3 aliphatic rings. The molecule has 2 saturated heterocycles. The molecular weight excluding hydrogens is 713 g/mol. The van der Waals surface area contributed by atoms with Gasteiger partial charge in [0.05, 0.1) is 37.9 Å². The molecule has 290 valence electrons. The number of fused-ring (bicyclic) bond motifs is 2. The number of ether oxygens (including phenoxy) is 4. The van der Waals surface area contributed by atoms with Gasteiger partial charge in [0.25, 0.3) is 5.91 Å². The fourth-order valence-corrected chi connectivity index (χ4v) is 7.58. The van der Waals surface area contributed by atoms with Gasteiger partial charge in [-0.3, -0.25) is 9.59 Å². The third kappa shape index (κ3) is 8.22. The maximum absolute atomic E-state index is 13.1. The molecular formula is C42H46N8O6. The SMILES string of the molecule is C=C1CCC(N2Cc3ccc(OCCOCCOCCN4CCC(n5nc(-c6ccc(Oc7ccccc7)cc6)c6c(N)ncnc65)CC4)cc3C2=O)C(=O)N1. The Morgan fingerprint density at radius 1 is 0.839 bits per heavy atom. The molecule has 0 radical (unpaired) electrons. The molecule has 2 amide bonds. The summed E-state index contributed by atoms with van der Waals surface area (Å²) in [4.78, 5) is 38.5. The minimum atomic E-state index is -0.482. The van der Waals surface area contributed by atoms with Crippen molar-refractivity contribution < 1.29 is 28.5 Å². The highest BCUT2D eigenvalue weighted by Gasteiger charge is 2.38. The largest absolute Gasteiger partial charge is 0.491 e. The number of rotatable bonds is 15. The number of aromatic nitrogens is 4. The summed E-state index contributed by atoms with van der Waals surface area (Å²) in [5, 5.41) is 8.59. The van der Waals surface area contributed by atoms with Crippen LogP contribution in [0.2, 0.25) is 0 Å². The average molecular weight is 759 g/mol. The number of para-hydroxylation sites is 1. The van der Waals surface area contributed by atoms with Crippen LogP contribution in [-0.4, -0.2) is 100 Å². The number of nitrogen functional groups attached to an aromatic ring is 1. The summed E-state index contributed by atoms with van der Waals surface area (Å²) in [7, 11) is 0. The first-order valence-corrected chi connectivity index (χ1v) is 19.2. The highest BCUT2D eigenvalue weighted by atomic mass is 16.5. The van der Waals surface area contributed by atoms with Crippen molar-refractivity contribution in [3.63, 3.8) is 0 Å². The fraction of sp³-hybridized carbons (Fsp3) is 0.357. The van der Waals surface area contributed by atoms with Crippen LogP contribution >= 0.6 is 0 Å². The molecule has 2 aromatic heterocycles. The van der Waals surface area contributed by atoms with Crippen LogP contribution in [0.3, 0.4) is 0 Å². The smallest absolute Gasteiger partial charge is 0.255 e. The zero-order chi connectivity index (χ0) is 38.4. The lowest BCUT2D eigenvalue weighted by atomic mass is 10.0. The van der Waals surface area contributed by atoms with E-state index in [2.05, 4.69) is 26.8 Å². The van der Waals surface area contributed by atoms with Gasteiger partial charge in [0.1, 0.15) is 47.7 Å². The van der Waals surface area contributed by atoms with E-state index in [1.807, 2.05) is 71.4 Å². The minimum Gasteiger partial charge on any atom is -0.491 e. The van der Waals surface area contributed by atoms with Crippen molar-refractivity contribution >= 4 is 28.7 Å². The van der Waals surface area contributed by atoms with Crippen LogP contribution in [0.25, 0.3) is 22.3 Å². The van der Waals surface area contributed by atoms with E-state index in [4.69, 9.17) is 29.8 Å². The summed E-state index contributed by atoms with van der Waals surface area (Å²) < 4.78 is 25.5. The number of benzene rings is 3. The first kappa shape index (κ1) is 37.1. The maximum Gasteiger partial charge on any atom is 0.255 e. The molecule has 5 aromatic rings. The van der Waals surface area contributed by atoms with E-state index in [9.17, 15) is 9.59 Å². The van der Waals surface area contributed by atoms with Gasteiger partial charge in [-0.1, -0.05) is 30.8 Å². The van der Waals surface area contributed by atoms with E-state index >= 15 is 0 Å². The number of likely N-dealkylation sites (tertiary alicyclic amines) is 1. The number of amides is 2. The first-order valence-electron chi connectivity index (χ1n) is 19.2. The Balaban J connectivity index is 0.740. The van der Waals surface area contributed by atoms with Crippen LogP contribution < -0.4 is 20.5 Å². The van der Waals surface area contributed by atoms with Gasteiger partial charge in [-0.05, 0) is 79.8 Å². The van der Waals surface area contributed by atoms with Crippen molar-refractivity contribution in [3.05, 3.63) is 103 Å². The molecule has 56 heavy (non-hydrogen) atoms. The van der Waals surface area contributed by atoms with Crippen molar-refractivity contribution in [2.45, 2.75) is 44.3 Å². The zero-order valence-electron chi connectivity index (χ0n) is 31.3. The molecule has 14 nitrogen and oxygen atoms in total. The van der Waals surface area contributed by atoms with Crippen LogP contribution in [0.5, 0.6) is 17.2 Å². The average Bonchev–Trinajstić information content (AvgIpc) is 3.76. The van der Waals surface area contributed by atoms with Crippen molar-refractivity contribution in [2.75, 3.05) is 58.4 Å². The van der Waals surface area contributed by atoms with Gasteiger partial charge in [-0.25, -0.2) is 14.6 Å². The summed E-state index contributed by atoms with van der Waals surface area (Å²) in [6.07, 6.45) is 4.61. The van der Waals surface area contributed by atoms with Crippen molar-refractivity contribution in [1.82, 2.24) is 34.9 Å². The van der Waals surface area contributed by atoms with E-state index in [0.29, 0.717) is 75.2 Å². The topological polar surface area (TPSA) is 159 Å². The number of allylic oxidation sites excluding steroid dienone is 1. The van der Waals surface area contributed by atoms with Crippen LogP contribution in [0, 0.1) is 0 Å². The Hall–Kier alpha value is -5.83. The molecule has 3 aromatic carbocycles. The second-order valence-electron chi connectivity index (χ2n) is 14.2. The van der Waals surface area contributed by atoms with Gasteiger partial charge in [0.15, 0.2) is 5.65 Å². The van der Waals surface area contributed by atoms with Gasteiger partial charge in [-0.2, -0.15) is 5.10 Å². The number of nitrogens with two attached hydrogens (primary N) is 1. The second kappa shape index (κ2) is 16.9. The number of anilines is 1. The standard InChI is InChI=1S/C42H46N8O6/c1-28-7-14-36(41(51)46-28)49-26-30-10-13-34(25-35(30)42(49)52)55-24-23-54-22-21-53-20-19-48-17-15-31(16-18-48)50-40-37(39(43)44-27-45-40)38(47-50)29-8-11-33(12-9-29)56-32-5-3-2-4-6-32/h2-6,8-13,25,27,31,36H,1,7,14-24,26H2,(H,46,51)(H2,43,44,45). The Bertz CT molecular complexity index is 2190. The number of hydrogen-bond donors (Lipinski definition) is 2. The highest BCUT2D eigenvalue weighted by molar-refractivity contribution is 6.02. The number of carbonyl (C=O) groups is 2. The first-order chi connectivity index (χ1) is 27.4. The molecule has 1 atom stereocenters. The second-order valence-corrected chi connectivity index (χ2v) is 14.2. The summed E-state index contributed by atoms with van der Waals surface area (Å²) >= 11 is 0. The van der Waals surface area contributed by atoms with E-state index in [-0.39, 0.29) is 17.9 Å². The van der Waals surface area contributed by atoms with Crippen LogP contribution in [0.1, 0.15) is 47.6 Å². The fourth-order valence-electron chi connectivity index (χ4n) is 7.58. The third-order valence-corrected chi connectivity index (χ3v) is 10.6. The molecule has 0 spiro atoms. The molecule has 3 N–H and O–H groups in total. The Morgan fingerprint density at radius 2 is 1.57 bits per heavy atom. The third-order valence-electron chi connectivity index (χ3n) is 10.6. The molecule has 2 fully saturated rings. The summed E-state index contributed by atoms with van der Waals surface area (Å²) in [6, 6.07) is 22.7. The number of nitrogens with one attached hydrogen (secondary N) is 1. The molecule has 0 aliphatic carbocycles. The number of hydrogen-bond acceptors (Lipinski definition) is 11. The van der Waals surface area contributed by atoms with Gasteiger partial charge >= 0.3 is 0 Å². The van der Waals surface area contributed by atoms with Gasteiger partial charge in [0.2, 0.25) is 5.91 Å². The normalized spacial score (nSPS) is 17.7. The zero-order valence-corrected chi connectivity index (χ0v) is 31.3. The molecule has 0 saturated carbocycles. The van der Waals surface area contributed by atoms with Crippen molar-refractivity contribution in [2.24, 2.45) is 0 Å². The predicted molar refractivity (Wildman–Crippen MR) is 210 cm³/mol. The Labute approximate surface area is 325 Å². The summed E-state index contributed by atoms with van der Waals surface area (Å²) in [5.41, 5.74) is 11.0. The Kier molecular flexibility index (Phi) is 11.2. The monoisotopic (exact) mass is 758 g/mol. The van der Waals surface area contributed by atoms with Crippen LogP contribution in [-0.2, 0) is 20.8 Å². The predicted octanol–water partition coefficient (Wildman–Crippen LogP) is 5.37. The molecule has 1 unspecified atom stereocenters. The van der Waals surface area contributed by atoms with Crippen molar-refractivity contribution in [1.29, 1.82) is 0 Å². The highest BCUT2D eigenvalue weighted by Crippen LogP contribution is 2.35.